The van der Waals surface area contributed by atoms with E-state index in [1.807, 2.05) is 48.5 Å². The van der Waals surface area contributed by atoms with Crippen molar-refractivity contribution in [3.05, 3.63) is 77.6 Å². The summed E-state index contributed by atoms with van der Waals surface area (Å²) in [6, 6.07) is 19.5. The first-order valence-electron chi connectivity index (χ1n) is 9.42. The summed E-state index contributed by atoms with van der Waals surface area (Å²) < 4.78 is 13.9. The van der Waals surface area contributed by atoms with Crippen molar-refractivity contribution in [2.75, 3.05) is 20.2 Å². The molecule has 0 saturated carbocycles. The van der Waals surface area contributed by atoms with E-state index in [-0.39, 0.29) is 12.0 Å². The van der Waals surface area contributed by atoms with E-state index in [2.05, 4.69) is 30.5 Å². The van der Waals surface area contributed by atoms with Crippen LogP contribution >= 0.6 is 0 Å². The molecule has 1 aliphatic heterocycles. The van der Waals surface area contributed by atoms with Crippen LogP contribution in [0.1, 0.15) is 21.7 Å². The Morgan fingerprint density at radius 3 is 2.32 bits per heavy atom. The molecule has 0 spiro atoms. The van der Waals surface area contributed by atoms with Crippen LogP contribution in [0.2, 0.25) is 0 Å². The van der Waals surface area contributed by atoms with Gasteiger partial charge in [-0.1, -0.05) is 12.1 Å². The number of carbonyl (C=O) groups excluding carboxylic acids is 1. The quantitative estimate of drug-likeness (QED) is 0.691. The van der Waals surface area contributed by atoms with Gasteiger partial charge in [-0.05, 0) is 62.4 Å². The van der Waals surface area contributed by atoms with Crippen molar-refractivity contribution in [3.63, 3.8) is 0 Å². The Labute approximate surface area is 165 Å². The number of likely N-dealkylation sites (N-methyl/N-ethyl adjacent to an activating group) is 1. The van der Waals surface area contributed by atoms with Crippen molar-refractivity contribution in [2.24, 2.45) is 0 Å². The van der Waals surface area contributed by atoms with Crippen LogP contribution in [0.3, 0.4) is 0 Å². The number of hydrogen-bond acceptors (Lipinski definition) is 3. The monoisotopic (exact) mass is 376 g/mol. The zero-order valence-corrected chi connectivity index (χ0v) is 16.4. The molecule has 1 amide bonds. The predicted molar refractivity (Wildman–Crippen MR) is 109 cm³/mol. The molecule has 0 bridgehead atoms. The molecule has 3 aromatic rings. The van der Waals surface area contributed by atoms with Crippen LogP contribution in [-0.4, -0.2) is 41.7 Å². The van der Waals surface area contributed by atoms with Gasteiger partial charge in [0.05, 0.1) is 6.54 Å². The number of aromatic nitrogens is 1. The molecule has 0 fully saturated rings. The van der Waals surface area contributed by atoms with E-state index < -0.39 is 0 Å². The van der Waals surface area contributed by atoms with Gasteiger partial charge < -0.3 is 18.9 Å². The second-order valence-electron chi connectivity index (χ2n) is 7.18. The van der Waals surface area contributed by atoms with E-state index in [1.165, 1.54) is 11.4 Å². The highest BCUT2D eigenvalue weighted by Crippen LogP contribution is 2.31. The molecule has 1 aromatic heterocycles. The number of para-hydroxylation sites is 2. The lowest BCUT2D eigenvalue weighted by Crippen LogP contribution is -2.41. The molecule has 0 radical (unpaired) electrons. The smallest absolute Gasteiger partial charge is 0.253 e. The Morgan fingerprint density at radius 1 is 1.00 bits per heavy atom. The summed E-state index contributed by atoms with van der Waals surface area (Å²) >= 11 is 0. The molecule has 2 heterocycles. The molecule has 144 valence electrons. The van der Waals surface area contributed by atoms with Crippen LogP contribution in [0, 0.1) is 13.8 Å². The van der Waals surface area contributed by atoms with Gasteiger partial charge in [-0.2, -0.15) is 0 Å². The molecular weight excluding hydrogens is 352 g/mol. The highest BCUT2D eigenvalue weighted by molar-refractivity contribution is 5.94. The molecule has 5 nitrogen and oxygen atoms in total. The summed E-state index contributed by atoms with van der Waals surface area (Å²) in [4.78, 5) is 14.5. The third-order valence-corrected chi connectivity index (χ3v) is 5.04. The van der Waals surface area contributed by atoms with Gasteiger partial charge >= 0.3 is 0 Å². The molecule has 0 saturated heterocycles. The van der Waals surface area contributed by atoms with Crippen LogP contribution in [0.15, 0.2) is 60.7 Å². The Morgan fingerprint density at radius 2 is 1.64 bits per heavy atom. The van der Waals surface area contributed by atoms with E-state index in [1.54, 1.807) is 11.9 Å². The van der Waals surface area contributed by atoms with Gasteiger partial charge in [0.1, 0.15) is 6.61 Å². The maximum absolute atomic E-state index is 12.8. The van der Waals surface area contributed by atoms with Gasteiger partial charge in [0.15, 0.2) is 17.6 Å². The van der Waals surface area contributed by atoms with E-state index in [0.29, 0.717) is 18.7 Å². The number of nitrogens with zero attached hydrogens (tertiary/aromatic N) is 2. The third-order valence-electron chi connectivity index (χ3n) is 5.04. The van der Waals surface area contributed by atoms with Crippen LogP contribution in [0.5, 0.6) is 11.5 Å². The minimum absolute atomic E-state index is 0.0324. The molecule has 5 heteroatoms. The number of fused-ring (bicyclic) bond motifs is 1. The summed E-state index contributed by atoms with van der Waals surface area (Å²) in [6.07, 6.45) is -0.187. The number of ether oxygens (including phenoxy) is 2. The first-order valence-corrected chi connectivity index (χ1v) is 9.42. The summed E-state index contributed by atoms with van der Waals surface area (Å²) in [5.74, 6) is 1.44. The Balaban J connectivity index is 1.43. The first kappa shape index (κ1) is 18.2. The van der Waals surface area contributed by atoms with Gasteiger partial charge in [-0.25, -0.2) is 0 Å². The SMILES string of the molecule is Cc1ccc(C)n1-c1ccc(C(=O)N(C)CC2COc3ccccc3O2)cc1. The summed E-state index contributed by atoms with van der Waals surface area (Å²) in [5, 5.41) is 0. The van der Waals surface area contributed by atoms with E-state index in [9.17, 15) is 4.79 Å². The lowest BCUT2D eigenvalue weighted by molar-refractivity contribution is 0.0521. The van der Waals surface area contributed by atoms with Crippen molar-refractivity contribution < 1.29 is 14.3 Å². The number of hydrogen-bond donors (Lipinski definition) is 0. The van der Waals surface area contributed by atoms with Crippen molar-refractivity contribution in [3.8, 4) is 17.2 Å². The number of benzene rings is 2. The van der Waals surface area contributed by atoms with Crippen LogP contribution in [0.25, 0.3) is 5.69 Å². The third kappa shape index (κ3) is 3.48. The Hall–Kier alpha value is -3.21. The zero-order valence-electron chi connectivity index (χ0n) is 16.4. The lowest BCUT2D eigenvalue weighted by Gasteiger charge is -2.29. The maximum Gasteiger partial charge on any atom is 0.253 e. The minimum Gasteiger partial charge on any atom is -0.486 e. The summed E-state index contributed by atoms with van der Waals surface area (Å²) in [7, 11) is 1.79. The molecule has 1 aliphatic rings. The van der Waals surface area contributed by atoms with Gasteiger partial charge in [-0.15, -0.1) is 0 Å². The average molecular weight is 376 g/mol. The van der Waals surface area contributed by atoms with Gasteiger partial charge in [0.25, 0.3) is 5.91 Å². The number of aryl methyl sites for hydroxylation is 2. The largest absolute Gasteiger partial charge is 0.486 e. The summed E-state index contributed by atoms with van der Waals surface area (Å²) in [5.41, 5.74) is 4.05. The van der Waals surface area contributed by atoms with Crippen molar-refractivity contribution in [1.82, 2.24) is 9.47 Å². The molecule has 4 rings (SSSR count). The number of carbonyl (C=O) groups is 1. The molecule has 28 heavy (non-hydrogen) atoms. The average Bonchev–Trinajstić information content (AvgIpc) is 3.05. The van der Waals surface area contributed by atoms with Crippen LogP contribution < -0.4 is 9.47 Å². The van der Waals surface area contributed by atoms with Crippen LogP contribution in [-0.2, 0) is 0 Å². The lowest BCUT2D eigenvalue weighted by atomic mass is 10.1. The van der Waals surface area contributed by atoms with E-state index in [4.69, 9.17) is 9.47 Å². The topological polar surface area (TPSA) is 43.7 Å². The second kappa shape index (κ2) is 7.43. The van der Waals surface area contributed by atoms with Crippen molar-refractivity contribution in [1.29, 1.82) is 0 Å². The fourth-order valence-electron chi connectivity index (χ4n) is 3.59. The Kier molecular flexibility index (Phi) is 4.82. The summed E-state index contributed by atoms with van der Waals surface area (Å²) in [6.45, 7) is 5.04. The molecule has 1 unspecified atom stereocenters. The number of rotatable bonds is 4. The highest BCUT2D eigenvalue weighted by Gasteiger charge is 2.24. The standard InChI is InChI=1S/C23H24N2O3/c1-16-8-9-17(2)25(16)19-12-10-18(11-13-19)23(26)24(3)14-20-15-27-21-6-4-5-7-22(21)28-20/h4-13,20H,14-15H2,1-3H3. The molecule has 1 atom stereocenters. The zero-order chi connectivity index (χ0) is 19.7. The predicted octanol–water partition coefficient (Wildman–Crippen LogP) is 4.01. The van der Waals surface area contributed by atoms with Gasteiger partial charge in [0.2, 0.25) is 0 Å². The van der Waals surface area contributed by atoms with Crippen LogP contribution in [0.4, 0.5) is 0 Å². The minimum atomic E-state index is -0.187. The van der Waals surface area contributed by atoms with E-state index in [0.717, 1.165) is 17.2 Å². The highest BCUT2D eigenvalue weighted by atomic mass is 16.6. The van der Waals surface area contributed by atoms with Gasteiger partial charge in [0, 0.05) is 29.7 Å². The molecular formula is C23H24N2O3. The molecule has 0 N–H and O–H groups in total. The normalized spacial score (nSPS) is 15.3. The second-order valence-corrected chi connectivity index (χ2v) is 7.18. The molecule has 0 aliphatic carbocycles. The fraction of sp³-hybridized carbons (Fsp3) is 0.261. The van der Waals surface area contributed by atoms with E-state index >= 15 is 0 Å². The number of amides is 1. The first-order chi connectivity index (χ1) is 13.5. The fourth-order valence-corrected chi connectivity index (χ4v) is 3.59. The van der Waals surface area contributed by atoms with Gasteiger partial charge in [-0.3, -0.25) is 4.79 Å². The van der Waals surface area contributed by atoms with Crippen molar-refractivity contribution >= 4 is 5.91 Å². The van der Waals surface area contributed by atoms with Crippen molar-refractivity contribution in [2.45, 2.75) is 20.0 Å². The maximum atomic E-state index is 12.8. The molecule has 2 aromatic carbocycles. The Bertz CT molecular complexity index is 972.